The summed E-state index contributed by atoms with van der Waals surface area (Å²) in [6, 6.07) is 6.64. The zero-order valence-corrected chi connectivity index (χ0v) is 11.9. The first kappa shape index (κ1) is 13.1. The van der Waals surface area contributed by atoms with Gasteiger partial charge in [0, 0.05) is 15.8 Å². The predicted molar refractivity (Wildman–Crippen MR) is 78.0 cm³/mol. The quantitative estimate of drug-likeness (QED) is 0.586. The third kappa shape index (κ3) is 2.83. The Morgan fingerprint density at radius 3 is 3.00 bits per heavy atom. The summed E-state index contributed by atoms with van der Waals surface area (Å²) < 4.78 is 18.5. The molecule has 0 saturated carbocycles. The van der Waals surface area contributed by atoms with Crippen LogP contribution >= 0.6 is 23.1 Å². The molecular formula is C13H10FN3OS2. The van der Waals surface area contributed by atoms with Gasteiger partial charge in [-0.15, -0.1) is 11.8 Å². The van der Waals surface area contributed by atoms with E-state index in [2.05, 4.69) is 10.1 Å². The van der Waals surface area contributed by atoms with E-state index in [9.17, 15) is 4.39 Å². The molecule has 3 rings (SSSR count). The van der Waals surface area contributed by atoms with Crippen LogP contribution < -0.4 is 5.73 Å². The molecule has 2 heterocycles. The molecule has 4 nitrogen and oxygen atoms in total. The summed E-state index contributed by atoms with van der Waals surface area (Å²) in [4.78, 5) is 5.07. The second-order valence-electron chi connectivity index (χ2n) is 4.00. The molecule has 0 aliphatic heterocycles. The number of rotatable bonds is 4. The van der Waals surface area contributed by atoms with E-state index in [1.54, 1.807) is 23.5 Å². The molecule has 0 atom stereocenters. The Bertz CT molecular complexity index is 712. The highest BCUT2D eigenvalue weighted by molar-refractivity contribution is 7.98. The average Bonchev–Trinajstić information content (AvgIpc) is 3.09. The Morgan fingerprint density at radius 2 is 2.25 bits per heavy atom. The summed E-state index contributed by atoms with van der Waals surface area (Å²) in [6.07, 6.45) is 0. The Labute approximate surface area is 122 Å². The van der Waals surface area contributed by atoms with E-state index in [0.717, 1.165) is 10.5 Å². The van der Waals surface area contributed by atoms with Crippen molar-refractivity contribution in [2.24, 2.45) is 0 Å². The third-order valence-electron chi connectivity index (χ3n) is 2.58. The first-order chi connectivity index (χ1) is 9.72. The topological polar surface area (TPSA) is 64.9 Å². The van der Waals surface area contributed by atoms with Crippen LogP contribution in [0.25, 0.3) is 11.4 Å². The van der Waals surface area contributed by atoms with Crippen molar-refractivity contribution in [2.75, 3.05) is 5.73 Å². The summed E-state index contributed by atoms with van der Waals surface area (Å²) in [5.74, 6) is 1.15. The minimum atomic E-state index is -0.417. The standard InChI is InChI=1S/C13H10FN3OS2/c14-10-5-9(1-2-11(10)15)20-7-12-16-13(17-18-12)8-3-4-19-6-8/h1-6H,7,15H2. The number of nitrogen functional groups attached to an aromatic ring is 1. The molecule has 0 spiro atoms. The lowest BCUT2D eigenvalue weighted by molar-refractivity contribution is 0.391. The van der Waals surface area contributed by atoms with E-state index >= 15 is 0 Å². The van der Waals surface area contributed by atoms with Crippen LogP contribution in [0.5, 0.6) is 0 Å². The van der Waals surface area contributed by atoms with E-state index in [0.29, 0.717) is 17.5 Å². The van der Waals surface area contributed by atoms with Crippen LogP contribution in [-0.2, 0) is 5.75 Å². The minimum Gasteiger partial charge on any atom is -0.396 e. The van der Waals surface area contributed by atoms with Gasteiger partial charge >= 0.3 is 0 Å². The monoisotopic (exact) mass is 307 g/mol. The van der Waals surface area contributed by atoms with E-state index in [-0.39, 0.29) is 5.69 Å². The largest absolute Gasteiger partial charge is 0.396 e. The molecule has 2 N–H and O–H groups in total. The lowest BCUT2D eigenvalue weighted by Gasteiger charge is -2.00. The number of hydrogen-bond acceptors (Lipinski definition) is 6. The van der Waals surface area contributed by atoms with Crippen LogP contribution in [0.15, 0.2) is 44.4 Å². The highest BCUT2D eigenvalue weighted by atomic mass is 32.2. The van der Waals surface area contributed by atoms with Crippen LogP contribution in [0.2, 0.25) is 0 Å². The molecule has 0 radical (unpaired) electrons. The molecule has 1 aromatic carbocycles. The summed E-state index contributed by atoms with van der Waals surface area (Å²) in [6.45, 7) is 0. The van der Waals surface area contributed by atoms with Crippen LogP contribution in [0.4, 0.5) is 10.1 Å². The highest BCUT2D eigenvalue weighted by Crippen LogP contribution is 2.26. The molecule has 0 aliphatic rings. The van der Waals surface area contributed by atoms with Crippen molar-refractivity contribution in [2.45, 2.75) is 10.6 Å². The summed E-state index contributed by atoms with van der Waals surface area (Å²) in [5.41, 5.74) is 6.51. The van der Waals surface area contributed by atoms with Gasteiger partial charge < -0.3 is 10.3 Å². The average molecular weight is 307 g/mol. The first-order valence-corrected chi connectivity index (χ1v) is 7.68. The molecule has 0 unspecified atom stereocenters. The van der Waals surface area contributed by atoms with Crippen LogP contribution in [0, 0.1) is 5.82 Å². The number of aromatic nitrogens is 2. The van der Waals surface area contributed by atoms with Gasteiger partial charge in [-0.25, -0.2) is 4.39 Å². The zero-order chi connectivity index (χ0) is 13.9. The SMILES string of the molecule is Nc1ccc(SCc2nc(-c3ccsc3)no2)cc1F. The molecular weight excluding hydrogens is 297 g/mol. The van der Waals surface area contributed by atoms with E-state index in [1.165, 1.54) is 17.8 Å². The third-order valence-corrected chi connectivity index (χ3v) is 4.24. The van der Waals surface area contributed by atoms with Crippen molar-refractivity contribution in [1.29, 1.82) is 0 Å². The second-order valence-corrected chi connectivity index (χ2v) is 5.82. The number of hydrogen-bond donors (Lipinski definition) is 1. The minimum absolute atomic E-state index is 0.145. The molecule has 2 aromatic heterocycles. The number of anilines is 1. The Balaban J connectivity index is 1.68. The zero-order valence-electron chi connectivity index (χ0n) is 10.2. The maximum atomic E-state index is 13.3. The molecule has 102 valence electrons. The molecule has 0 bridgehead atoms. The van der Waals surface area contributed by atoms with Gasteiger partial charge in [-0.05, 0) is 29.6 Å². The number of halogens is 1. The van der Waals surface area contributed by atoms with Gasteiger partial charge in [0.05, 0.1) is 11.4 Å². The molecule has 20 heavy (non-hydrogen) atoms. The number of benzene rings is 1. The van der Waals surface area contributed by atoms with Crippen molar-refractivity contribution in [3.05, 3.63) is 46.7 Å². The number of nitrogens with zero attached hydrogens (tertiary/aromatic N) is 2. The van der Waals surface area contributed by atoms with Gasteiger partial charge in [-0.2, -0.15) is 16.3 Å². The molecule has 0 aliphatic carbocycles. The van der Waals surface area contributed by atoms with Crippen molar-refractivity contribution < 1.29 is 8.91 Å². The van der Waals surface area contributed by atoms with Gasteiger partial charge in [0.1, 0.15) is 5.82 Å². The van der Waals surface area contributed by atoms with E-state index in [4.69, 9.17) is 10.3 Å². The second kappa shape index (κ2) is 5.64. The fourth-order valence-corrected chi connectivity index (χ4v) is 2.96. The van der Waals surface area contributed by atoms with Gasteiger partial charge in [0.2, 0.25) is 11.7 Å². The van der Waals surface area contributed by atoms with E-state index < -0.39 is 5.82 Å². The lowest BCUT2D eigenvalue weighted by atomic mass is 10.3. The Hall–Kier alpha value is -1.86. The van der Waals surface area contributed by atoms with Crippen molar-refractivity contribution >= 4 is 28.8 Å². The van der Waals surface area contributed by atoms with Crippen molar-refractivity contribution in [3.63, 3.8) is 0 Å². The summed E-state index contributed by atoms with van der Waals surface area (Å²) >= 11 is 2.99. The number of thiophene rings is 1. The van der Waals surface area contributed by atoms with Gasteiger partial charge in [-0.1, -0.05) is 5.16 Å². The highest BCUT2D eigenvalue weighted by Gasteiger charge is 2.09. The molecule has 0 saturated heterocycles. The normalized spacial score (nSPS) is 10.8. The van der Waals surface area contributed by atoms with Gasteiger partial charge in [0.25, 0.3) is 0 Å². The first-order valence-electron chi connectivity index (χ1n) is 5.75. The predicted octanol–water partition coefficient (Wildman–Crippen LogP) is 3.81. The maximum Gasteiger partial charge on any atom is 0.237 e. The Kier molecular flexibility index (Phi) is 3.70. The number of nitrogens with two attached hydrogens (primary N) is 1. The van der Waals surface area contributed by atoms with E-state index in [1.807, 2.05) is 16.8 Å². The smallest absolute Gasteiger partial charge is 0.237 e. The van der Waals surface area contributed by atoms with Crippen molar-refractivity contribution in [3.8, 4) is 11.4 Å². The van der Waals surface area contributed by atoms with Crippen LogP contribution in [0.1, 0.15) is 5.89 Å². The maximum absolute atomic E-state index is 13.3. The fraction of sp³-hybridized carbons (Fsp3) is 0.0769. The lowest BCUT2D eigenvalue weighted by Crippen LogP contribution is -1.90. The van der Waals surface area contributed by atoms with Gasteiger partial charge in [-0.3, -0.25) is 0 Å². The molecule has 0 fully saturated rings. The summed E-state index contributed by atoms with van der Waals surface area (Å²) in [7, 11) is 0. The molecule has 3 aromatic rings. The van der Waals surface area contributed by atoms with Gasteiger partial charge in [0.15, 0.2) is 0 Å². The molecule has 0 amide bonds. The van der Waals surface area contributed by atoms with Crippen molar-refractivity contribution in [1.82, 2.24) is 10.1 Å². The summed E-state index contributed by atoms with van der Waals surface area (Å²) in [5, 5.41) is 7.83. The fourth-order valence-electron chi connectivity index (χ4n) is 1.57. The van der Waals surface area contributed by atoms with Crippen LogP contribution in [0.3, 0.4) is 0 Å². The number of thioether (sulfide) groups is 1. The Morgan fingerprint density at radius 1 is 1.35 bits per heavy atom. The molecule has 7 heteroatoms. The van der Waals surface area contributed by atoms with Crippen LogP contribution in [-0.4, -0.2) is 10.1 Å².